The number of halogens is 3. The number of pyridine rings is 1. The number of nitrogens with zero attached hydrogens (tertiary/aromatic N) is 3. The molecule has 0 spiro atoms. The molecule has 4 aromatic rings. The molecule has 8 heteroatoms. The van der Waals surface area contributed by atoms with Crippen molar-refractivity contribution >= 4 is 16.7 Å². The van der Waals surface area contributed by atoms with E-state index in [0.717, 1.165) is 16.5 Å². The van der Waals surface area contributed by atoms with Crippen molar-refractivity contribution in [1.29, 1.82) is 0 Å². The third-order valence-electron chi connectivity index (χ3n) is 4.11. The fraction of sp³-hybridized carbons (Fsp3) is 0.0952. The van der Waals surface area contributed by atoms with Crippen molar-refractivity contribution in [2.45, 2.75) is 12.9 Å². The molecule has 29 heavy (non-hydrogen) atoms. The van der Waals surface area contributed by atoms with Crippen LogP contribution < -0.4 is 10.1 Å². The van der Waals surface area contributed by atoms with Gasteiger partial charge in [-0.25, -0.2) is 9.97 Å². The van der Waals surface area contributed by atoms with Crippen molar-refractivity contribution in [3.05, 3.63) is 78.6 Å². The molecule has 0 aliphatic heterocycles. The van der Waals surface area contributed by atoms with Crippen molar-refractivity contribution in [2.24, 2.45) is 0 Å². The van der Waals surface area contributed by atoms with E-state index in [-0.39, 0.29) is 12.3 Å². The van der Waals surface area contributed by atoms with Crippen molar-refractivity contribution in [1.82, 2.24) is 15.0 Å². The fourth-order valence-corrected chi connectivity index (χ4v) is 2.87. The van der Waals surface area contributed by atoms with Gasteiger partial charge in [0, 0.05) is 29.9 Å². The highest BCUT2D eigenvalue weighted by Crippen LogP contribution is 2.26. The summed E-state index contributed by atoms with van der Waals surface area (Å²) in [7, 11) is 0. The first-order valence-corrected chi connectivity index (χ1v) is 8.74. The highest BCUT2D eigenvalue weighted by atomic mass is 19.4. The minimum atomic E-state index is -4.73. The van der Waals surface area contributed by atoms with Crippen LogP contribution in [0, 0.1) is 0 Å². The molecule has 0 fully saturated rings. The number of para-hydroxylation sites is 1. The number of fused-ring (bicyclic) bond motifs is 1. The Morgan fingerprint density at radius 1 is 0.931 bits per heavy atom. The number of anilines is 1. The van der Waals surface area contributed by atoms with Gasteiger partial charge in [-0.3, -0.25) is 4.98 Å². The van der Waals surface area contributed by atoms with Crippen LogP contribution in [0.1, 0.15) is 5.56 Å². The first kappa shape index (κ1) is 18.7. The summed E-state index contributed by atoms with van der Waals surface area (Å²) in [5, 5.41) is 4.00. The van der Waals surface area contributed by atoms with Gasteiger partial charge in [0.1, 0.15) is 11.6 Å². The molecule has 0 aliphatic carbocycles. The zero-order valence-electron chi connectivity index (χ0n) is 15.0. The molecule has 0 unspecified atom stereocenters. The third-order valence-corrected chi connectivity index (χ3v) is 4.11. The van der Waals surface area contributed by atoms with Crippen molar-refractivity contribution in [2.75, 3.05) is 5.32 Å². The lowest BCUT2D eigenvalue weighted by molar-refractivity contribution is -0.274. The van der Waals surface area contributed by atoms with Gasteiger partial charge in [0.25, 0.3) is 0 Å². The van der Waals surface area contributed by atoms with Crippen LogP contribution in [-0.2, 0) is 6.54 Å². The Balaban J connectivity index is 1.63. The molecule has 1 N–H and O–H groups in total. The maximum atomic E-state index is 12.4. The third kappa shape index (κ3) is 4.60. The number of aromatic nitrogens is 3. The Labute approximate surface area is 164 Å². The van der Waals surface area contributed by atoms with Gasteiger partial charge in [-0.05, 0) is 42.0 Å². The molecule has 0 amide bonds. The van der Waals surface area contributed by atoms with E-state index in [0.29, 0.717) is 17.2 Å². The summed E-state index contributed by atoms with van der Waals surface area (Å²) in [6.07, 6.45) is -1.39. The molecule has 146 valence electrons. The van der Waals surface area contributed by atoms with Crippen molar-refractivity contribution in [3.8, 4) is 17.1 Å². The molecule has 4 rings (SSSR count). The maximum Gasteiger partial charge on any atom is 0.573 e. The van der Waals surface area contributed by atoms with E-state index in [1.165, 1.54) is 18.2 Å². The molecule has 0 atom stereocenters. The first-order valence-electron chi connectivity index (χ1n) is 8.74. The number of hydrogen-bond donors (Lipinski definition) is 1. The highest BCUT2D eigenvalue weighted by molar-refractivity contribution is 5.90. The summed E-state index contributed by atoms with van der Waals surface area (Å²) in [6, 6.07) is 17.0. The second kappa shape index (κ2) is 7.75. The van der Waals surface area contributed by atoms with Crippen LogP contribution in [0.4, 0.5) is 19.0 Å². The average Bonchev–Trinajstić information content (AvgIpc) is 2.71. The Kier molecular flexibility index (Phi) is 4.99. The highest BCUT2D eigenvalue weighted by Gasteiger charge is 2.31. The van der Waals surface area contributed by atoms with Crippen molar-refractivity contribution in [3.63, 3.8) is 0 Å². The molecule has 2 aromatic heterocycles. The molecule has 0 bridgehead atoms. The molecule has 2 heterocycles. The van der Waals surface area contributed by atoms with E-state index >= 15 is 0 Å². The minimum absolute atomic E-state index is 0.264. The Morgan fingerprint density at radius 3 is 2.59 bits per heavy atom. The maximum absolute atomic E-state index is 12.4. The summed E-state index contributed by atoms with van der Waals surface area (Å²) < 4.78 is 41.3. The van der Waals surface area contributed by atoms with Crippen LogP contribution in [0.3, 0.4) is 0 Å². The van der Waals surface area contributed by atoms with Gasteiger partial charge in [-0.15, -0.1) is 13.2 Å². The van der Waals surface area contributed by atoms with Gasteiger partial charge in [0.2, 0.25) is 0 Å². The standard InChI is InChI=1S/C21H15F3N4O/c22-21(23,24)29-16-7-3-5-14(11-16)12-26-20-17-8-1-2-9-18(17)27-19(28-20)15-6-4-10-25-13-15/h1-11,13H,12H2,(H,26,27,28). The first-order chi connectivity index (χ1) is 14.0. The zero-order chi connectivity index (χ0) is 20.3. The SMILES string of the molecule is FC(F)(F)Oc1cccc(CNc2nc(-c3cccnc3)nc3ccccc23)c1. The molecule has 0 radical (unpaired) electrons. The number of benzene rings is 2. The fourth-order valence-electron chi connectivity index (χ4n) is 2.87. The summed E-state index contributed by atoms with van der Waals surface area (Å²) in [6.45, 7) is 0.266. The summed E-state index contributed by atoms with van der Waals surface area (Å²) in [5.74, 6) is 0.824. The number of hydrogen-bond acceptors (Lipinski definition) is 5. The van der Waals surface area contributed by atoms with E-state index in [2.05, 4.69) is 25.0 Å². The van der Waals surface area contributed by atoms with Gasteiger partial charge in [-0.2, -0.15) is 0 Å². The lowest BCUT2D eigenvalue weighted by Crippen LogP contribution is -2.17. The quantitative estimate of drug-likeness (QED) is 0.502. The van der Waals surface area contributed by atoms with Crippen LogP contribution in [0.2, 0.25) is 0 Å². The Bertz CT molecular complexity index is 1130. The largest absolute Gasteiger partial charge is 0.573 e. The van der Waals surface area contributed by atoms with Crippen LogP contribution in [0.5, 0.6) is 5.75 Å². The van der Waals surface area contributed by atoms with E-state index in [4.69, 9.17) is 0 Å². The number of ether oxygens (including phenoxy) is 1. The normalized spacial score (nSPS) is 11.4. The van der Waals surface area contributed by atoms with E-state index < -0.39 is 6.36 Å². The number of alkyl halides is 3. The molecule has 2 aromatic carbocycles. The number of rotatable bonds is 5. The van der Waals surface area contributed by atoms with Crippen molar-refractivity contribution < 1.29 is 17.9 Å². The van der Waals surface area contributed by atoms with Gasteiger partial charge in [0.15, 0.2) is 5.82 Å². The van der Waals surface area contributed by atoms with E-state index in [9.17, 15) is 13.2 Å². The van der Waals surface area contributed by atoms with Gasteiger partial charge in [0.05, 0.1) is 5.52 Å². The van der Waals surface area contributed by atoms with Crippen LogP contribution in [-0.4, -0.2) is 21.3 Å². The lowest BCUT2D eigenvalue weighted by Gasteiger charge is -2.12. The average molecular weight is 396 g/mol. The van der Waals surface area contributed by atoms with E-state index in [1.807, 2.05) is 30.3 Å². The van der Waals surface area contributed by atoms with Gasteiger partial charge in [-0.1, -0.05) is 24.3 Å². The molecule has 0 saturated heterocycles. The van der Waals surface area contributed by atoms with Crippen LogP contribution in [0.15, 0.2) is 73.1 Å². The predicted molar refractivity (Wildman–Crippen MR) is 103 cm³/mol. The topological polar surface area (TPSA) is 59.9 Å². The molecular weight excluding hydrogens is 381 g/mol. The minimum Gasteiger partial charge on any atom is -0.406 e. The monoisotopic (exact) mass is 396 g/mol. The summed E-state index contributed by atoms with van der Waals surface area (Å²) >= 11 is 0. The van der Waals surface area contributed by atoms with E-state index in [1.54, 1.807) is 24.5 Å². The zero-order valence-corrected chi connectivity index (χ0v) is 15.0. The molecule has 5 nitrogen and oxygen atoms in total. The van der Waals surface area contributed by atoms with Gasteiger partial charge >= 0.3 is 6.36 Å². The smallest absolute Gasteiger partial charge is 0.406 e. The van der Waals surface area contributed by atoms with Crippen LogP contribution in [0.25, 0.3) is 22.3 Å². The molecular formula is C21H15F3N4O. The Hall–Kier alpha value is -3.68. The summed E-state index contributed by atoms with van der Waals surface area (Å²) in [5.41, 5.74) is 2.14. The lowest BCUT2D eigenvalue weighted by atomic mass is 10.2. The Morgan fingerprint density at radius 2 is 1.79 bits per heavy atom. The predicted octanol–water partition coefficient (Wildman–Crippen LogP) is 5.20. The second-order valence-electron chi connectivity index (χ2n) is 6.20. The molecule has 0 aliphatic rings. The van der Waals surface area contributed by atoms with Gasteiger partial charge < -0.3 is 10.1 Å². The molecule has 0 saturated carbocycles. The number of nitrogens with one attached hydrogen (secondary N) is 1. The summed E-state index contributed by atoms with van der Waals surface area (Å²) in [4.78, 5) is 13.3. The van der Waals surface area contributed by atoms with Crippen LogP contribution >= 0.6 is 0 Å². The second-order valence-corrected chi connectivity index (χ2v) is 6.20.